The molecule has 1 unspecified atom stereocenters. The monoisotopic (exact) mass is 228 g/mol. The molecule has 2 aliphatic rings. The maximum absolute atomic E-state index is 6.02. The molecule has 2 nitrogen and oxygen atoms in total. The van der Waals surface area contributed by atoms with Crippen LogP contribution in [0.1, 0.15) is 32.6 Å². The second-order valence-electron chi connectivity index (χ2n) is 5.30. The summed E-state index contributed by atoms with van der Waals surface area (Å²) in [5, 5.41) is 0. The molecule has 0 bridgehead atoms. The van der Waals surface area contributed by atoms with Crippen molar-refractivity contribution in [3.63, 3.8) is 0 Å². The van der Waals surface area contributed by atoms with Gasteiger partial charge >= 0.3 is 0 Å². The van der Waals surface area contributed by atoms with E-state index in [0.717, 1.165) is 12.5 Å². The highest BCUT2D eigenvalue weighted by atomic mass is 32.2. The Morgan fingerprint density at radius 1 is 1.33 bits per heavy atom. The molecule has 0 radical (unpaired) electrons. The Balaban J connectivity index is 1.94. The van der Waals surface area contributed by atoms with E-state index in [1.54, 1.807) is 0 Å². The van der Waals surface area contributed by atoms with Crippen molar-refractivity contribution in [1.82, 2.24) is 4.90 Å². The molecule has 0 spiro atoms. The molecule has 0 amide bonds. The van der Waals surface area contributed by atoms with E-state index in [0.29, 0.717) is 0 Å². The van der Waals surface area contributed by atoms with Gasteiger partial charge in [-0.3, -0.25) is 4.90 Å². The minimum atomic E-state index is 0.284. The van der Waals surface area contributed by atoms with Crippen molar-refractivity contribution >= 4 is 11.8 Å². The van der Waals surface area contributed by atoms with E-state index in [1.807, 2.05) is 0 Å². The Morgan fingerprint density at radius 2 is 2.13 bits per heavy atom. The van der Waals surface area contributed by atoms with Gasteiger partial charge in [-0.1, -0.05) is 12.8 Å². The van der Waals surface area contributed by atoms with Gasteiger partial charge < -0.3 is 5.73 Å². The molecule has 2 fully saturated rings. The van der Waals surface area contributed by atoms with Crippen molar-refractivity contribution in [3.05, 3.63) is 0 Å². The summed E-state index contributed by atoms with van der Waals surface area (Å²) in [7, 11) is 0. The van der Waals surface area contributed by atoms with Crippen molar-refractivity contribution < 1.29 is 0 Å². The van der Waals surface area contributed by atoms with Crippen LogP contribution in [-0.2, 0) is 0 Å². The molecule has 3 heteroatoms. The van der Waals surface area contributed by atoms with E-state index in [2.05, 4.69) is 23.6 Å². The van der Waals surface area contributed by atoms with Crippen LogP contribution in [0.4, 0.5) is 0 Å². The second kappa shape index (κ2) is 5.07. The number of nitrogens with zero attached hydrogens (tertiary/aromatic N) is 1. The first-order chi connectivity index (χ1) is 7.24. The van der Waals surface area contributed by atoms with Crippen molar-refractivity contribution in [3.8, 4) is 0 Å². The fourth-order valence-corrected chi connectivity index (χ4v) is 3.46. The highest BCUT2D eigenvalue weighted by Crippen LogP contribution is 2.38. The number of hydrogen-bond acceptors (Lipinski definition) is 3. The molecule has 1 aliphatic heterocycles. The summed E-state index contributed by atoms with van der Waals surface area (Å²) in [4.78, 5) is 2.66. The Hall–Kier alpha value is 0.270. The molecule has 0 aromatic rings. The van der Waals surface area contributed by atoms with Crippen LogP contribution >= 0.6 is 11.8 Å². The lowest BCUT2D eigenvalue weighted by molar-refractivity contribution is 0.105. The van der Waals surface area contributed by atoms with Crippen LogP contribution in [0.3, 0.4) is 0 Å². The average Bonchev–Trinajstić information content (AvgIpc) is 3.02. The fourth-order valence-electron chi connectivity index (χ4n) is 2.57. The predicted molar refractivity (Wildman–Crippen MR) is 68.3 cm³/mol. The van der Waals surface area contributed by atoms with Crippen LogP contribution in [0.15, 0.2) is 0 Å². The zero-order valence-corrected chi connectivity index (χ0v) is 10.7. The van der Waals surface area contributed by atoms with E-state index < -0.39 is 0 Å². The van der Waals surface area contributed by atoms with Gasteiger partial charge in [-0.05, 0) is 38.0 Å². The van der Waals surface area contributed by atoms with E-state index in [1.165, 1.54) is 50.3 Å². The van der Waals surface area contributed by atoms with Gasteiger partial charge in [0.2, 0.25) is 0 Å². The summed E-state index contributed by atoms with van der Waals surface area (Å²) in [6.07, 6.45) is 5.55. The lowest BCUT2D eigenvalue weighted by Crippen LogP contribution is -2.52. The van der Waals surface area contributed by atoms with Gasteiger partial charge in [-0.2, -0.15) is 11.8 Å². The van der Waals surface area contributed by atoms with Gasteiger partial charge in [0.15, 0.2) is 0 Å². The summed E-state index contributed by atoms with van der Waals surface area (Å²) < 4.78 is 0. The molecule has 15 heavy (non-hydrogen) atoms. The molecule has 2 rings (SSSR count). The predicted octanol–water partition coefficient (Wildman–Crippen LogP) is 1.94. The molecule has 88 valence electrons. The Labute approximate surface area is 98.0 Å². The summed E-state index contributed by atoms with van der Waals surface area (Å²) in [6.45, 7) is 5.70. The molecular weight excluding hydrogens is 204 g/mol. The van der Waals surface area contributed by atoms with Crippen LogP contribution in [0.5, 0.6) is 0 Å². The Kier molecular flexibility index (Phi) is 3.97. The minimum absolute atomic E-state index is 0.284. The molecule has 1 atom stereocenters. The number of thioether (sulfide) groups is 1. The lowest BCUT2D eigenvalue weighted by Gasteiger charge is -2.40. The SMILES string of the molecule is CC(CN)(CC1CC1)N1CCCSCC1. The van der Waals surface area contributed by atoms with Crippen molar-refractivity contribution in [1.29, 1.82) is 0 Å². The summed E-state index contributed by atoms with van der Waals surface area (Å²) in [6, 6.07) is 0. The van der Waals surface area contributed by atoms with Gasteiger partial charge in [0, 0.05) is 24.4 Å². The van der Waals surface area contributed by atoms with E-state index >= 15 is 0 Å². The van der Waals surface area contributed by atoms with Gasteiger partial charge in [0.25, 0.3) is 0 Å². The Morgan fingerprint density at radius 3 is 2.80 bits per heavy atom. The topological polar surface area (TPSA) is 29.3 Å². The van der Waals surface area contributed by atoms with Gasteiger partial charge in [-0.15, -0.1) is 0 Å². The van der Waals surface area contributed by atoms with Crippen molar-refractivity contribution in [2.45, 2.75) is 38.1 Å². The average molecular weight is 228 g/mol. The maximum Gasteiger partial charge on any atom is 0.0306 e. The molecule has 0 aromatic carbocycles. The first kappa shape index (κ1) is 11.7. The first-order valence-corrected chi connectivity index (χ1v) is 7.43. The normalized spacial score (nSPS) is 28.4. The van der Waals surface area contributed by atoms with Gasteiger partial charge in [-0.25, -0.2) is 0 Å². The van der Waals surface area contributed by atoms with Crippen LogP contribution in [-0.4, -0.2) is 41.6 Å². The largest absolute Gasteiger partial charge is 0.329 e. The quantitative estimate of drug-likeness (QED) is 0.797. The number of rotatable bonds is 4. The van der Waals surface area contributed by atoms with Crippen LogP contribution < -0.4 is 5.73 Å². The first-order valence-electron chi connectivity index (χ1n) is 6.27. The fraction of sp³-hybridized carbons (Fsp3) is 1.00. The van der Waals surface area contributed by atoms with Gasteiger partial charge in [0.05, 0.1) is 0 Å². The highest BCUT2D eigenvalue weighted by Gasteiger charge is 2.36. The van der Waals surface area contributed by atoms with Crippen molar-refractivity contribution in [2.24, 2.45) is 11.7 Å². The molecule has 1 aliphatic carbocycles. The molecule has 1 saturated heterocycles. The van der Waals surface area contributed by atoms with Crippen LogP contribution in [0.25, 0.3) is 0 Å². The van der Waals surface area contributed by atoms with Gasteiger partial charge in [0.1, 0.15) is 0 Å². The second-order valence-corrected chi connectivity index (χ2v) is 6.53. The smallest absolute Gasteiger partial charge is 0.0306 e. The highest BCUT2D eigenvalue weighted by molar-refractivity contribution is 7.99. The van der Waals surface area contributed by atoms with Crippen molar-refractivity contribution in [2.75, 3.05) is 31.1 Å². The van der Waals surface area contributed by atoms with E-state index in [-0.39, 0.29) is 5.54 Å². The molecule has 1 saturated carbocycles. The Bertz CT molecular complexity index is 198. The summed E-state index contributed by atoms with van der Waals surface area (Å²) in [5.74, 6) is 3.61. The molecule has 1 heterocycles. The molecule has 0 aromatic heterocycles. The molecule has 2 N–H and O–H groups in total. The van der Waals surface area contributed by atoms with E-state index in [4.69, 9.17) is 5.73 Å². The number of nitrogens with two attached hydrogens (primary N) is 1. The van der Waals surface area contributed by atoms with Crippen LogP contribution in [0.2, 0.25) is 0 Å². The van der Waals surface area contributed by atoms with Crippen LogP contribution in [0, 0.1) is 5.92 Å². The maximum atomic E-state index is 6.02. The zero-order valence-electron chi connectivity index (χ0n) is 9.87. The third-order valence-electron chi connectivity index (χ3n) is 3.85. The summed E-state index contributed by atoms with van der Waals surface area (Å²) in [5.41, 5.74) is 6.30. The zero-order chi connectivity index (χ0) is 10.7. The summed E-state index contributed by atoms with van der Waals surface area (Å²) >= 11 is 2.10. The minimum Gasteiger partial charge on any atom is -0.329 e. The third kappa shape index (κ3) is 3.11. The lowest BCUT2D eigenvalue weighted by atomic mass is 9.92. The molecular formula is C12H24N2S. The van der Waals surface area contributed by atoms with E-state index in [9.17, 15) is 0 Å². The third-order valence-corrected chi connectivity index (χ3v) is 4.90. The standard InChI is InChI=1S/C12H24N2S/c1-12(10-13,9-11-3-4-11)14-5-2-7-15-8-6-14/h11H,2-10,13H2,1H3. The number of hydrogen-bond donors (Lipinski definition) is 1.